The number of halogens is 1. The molecule has 0 N–H and O–H groups in total. The second kappa shape index (κ2) is 5.87. The van der Waals surface area contributed by atoms with Gasteiger partial charge < -0.3 is 14.4 Å². The maximum absolute atomic E-state index is 13.1. The minimum atomic E-state index is -0.528. The van der Waals surface area contributed by atoms with Gasteiger partial charge in [-0.25, -0.2) is 14.2 Å². The van der Waals surface area contributed by atoms with Crippen LogP contribution in [0.2, 0.25) is 0 Å². The maximum Gasteiger partial charge on any atom is 0.410 e. The van der Waals surface area contributed by atoms with E-state index in [1.54, 1.807) is 4.90 Å². The Balaban J connectivity index is 1.96. The van der Waals surface area contributed by atoms with Gasteiger partial charge in [0.05, 0.1) is 6.54 Å². The molecule has 5 nitrogen and oxygen atoms in total. The van der Waals surface area contributed by atoms with Crippen LogP contribution in [0.1, 0.15) is 34.1 Å². The second-order valence-electron chi connectivity index (χ2n) is 6.27. The smallest absolute Gasteiger partial charge is 0.410 e. The molecule has 0 spiro atoms. The Morgan fingerprint density at radius 1 is 1.48 bits per heavy atom. The lowest BCUT2D eigenvalue weighted by atomic mass is 10.2. The number of rotatable bonds is 2. The van der Waals surface area contributed by atoms with Gasteiger partial charge >= 0.3 is 6.09 Å². The van der Waals surface area contributed by atoms with Gasteiger partial charge in [0, 0.05) is 24.7 Å². The van der Waals surface area contributed by atoms with E-state index in [4.69, 9.17) is 9.47 Å². The lowest BCUT2D eigenvalue weighted by molar-refractivity contribution is 0.0223. The minimum Gasteiger partial charge on any atom is -0.472 e. The van der Waals surface area contributed by atoms with Crippen molar-refractivity contribution >= 4 is 6.09 Å². The number of hydrogen-bond acceptors (Lipinski definition) is 4. The van der Waals surface area contributed by atoms with Crippen molar-refractivity contribution in [3.05, 3.63) is 24.1 Å². The van der Waals surface area contributed by atoms with Crippen molar-refractivity contribution in [2.24, 2.45) is 0 Å². The number of amides is 1. The van der Waals surface area contributed by atoms with Crippen LogP contribution in [-0.4, -0.2) is 40.3 Å². The third kappa shape index (κ3) is 4.31. The Kier molecular flexibility index (Phi) is 4.34. The van der Waals surface area contributed by atoms with Gasteiger partial charge in [0.15, 0.2) is 0 Å². The van der Waals surface area contributed by atoms with Crippen LogP contribution in [0.25, 0.3) is 0 Å². The lowest BCUT2D eigenvalue weighted by Gasteiger charge is -2.26. The molecule has 1 aromatic rings. The zero-order valence-corrected chi connectivity index (χ0v) is 12.8. The van der Waals surface area contributed by atoms with Crippen molar-refractivity contribution in [1.82, 2.24) is 9.88 Å². The number of nitrogens with zero attached hydrogens (tertiary/aromatic N) is 2. The van der Waals surface area contributed by atoms with E-state index in [0.717, 1.165) is 0 Å². The number of pyridine rings is 1. The van der Waals surface area contributed by atoms with Gasteiger partial charge in [-0.2, -0.15) is 0 Å². The molecule has 0 radical (unpaired) electrons. The van der Waals surface area contributed by atoms with Crippen LogP contribution in [0, 0.1) is 5.82 Å². The van der Waals surface area contributed by atoms with Crippen LogP contribution in [-0.2, 0) is 4.74 Å². The summed E-state index contributed by atoms with van der Waals surface area (Å²) in [5.74, 6) is -0.159. The van der Waals surface area contributed by atoms with E-state index in [2.05, 4.69) is 4.98 Å². The predicted molar refractivity (Wildman–Crippen MR) is 75.6 cm³/mol. The molecule has 21 heavy (non-hydrogen) atoms. The summed E-state index contributed by atoms with van der Waals surface area (Å²) in [5, 5.41) is 0. The number of ether oxygens (including phenoxy) is 2. The fourth-order valence-electron chi connectivity index (χ4n) is 2.26. The predicted octanol–water partition coefficient (Wildman–Crippen LogP) is 3.00. The number of aromatic nitrogens is 1. The summed E-state index contributed by atoms with van der Waals surface area (Å²) in [4.78, 5) is 17.7. The van der Waals surface area contributed by atoms with Crippen LogP contribution in [0.3, 0.4) is 0 Å². The van der Waals surface area contributed by atoms with Crippen molar-refractivity contribution in [2.45, 2.75) is 51.9 Å². The molecule has 2 rings (SSSR count). The fraction of sp³-hybridized carbons (Fsp3) is 0.600. The van der Waals surface area contributed by atoms with Crippen molar-refractivity contribution < 1.29 is 18.7 Å². The minimum absolute atomic E-state index is 0.0124. The molecule has 0 unspecified atom stereocenters. The molecule has 6 heteroatoms. The molecule has 1 aliphatic rings. The summed E-state index contributed by atoms with van der Waals surface area (Å²) in [7, 11) is 0. The standard InChI is InChI=1S/C15H21FN2O3/c1-10-7-12(20-13-8-11(16)5-6-17-13)9-18(10)14(19)21-15(2,3)4/h5-6,8,10,12H,7,9H2,1-4H3/t10-,12+/m0/s1. The molecule has 1 amide bonds. The Bertz CT molecular complexity index is 516. The summed E-state index contributed by atoms with van der Waals surface area (Å²) in [6.07, 6.45) is 1.46. The zero-order valence-electron chi connectivity index (χ0n) is 12.8. The molecular formula is C15H21FN2O3. The molecule has 0 saturated carbocycles. The van der Waals surface area contributed by atoms with Gasteiger partial charge in [0.25, 0.3) is 0 Å². The molecule has 0 bridgehead atoms. The van der Waals surface area contributed by atoms with Crippen LogP contribution in [0.4, 0.5) is 9.18 Å². The summed E-state index contributed by atoms with van der Waals surface area (Å²) in [6.45, 7) is 7.84. The third-order valence-electron chi connectivity index (χ3n) is 3.15. The molecule has 2 heterocycles. The third-order valence-corrected chi connectivity index (χ3v) is 3.15. The lowest BCUT2D eigenvalue weighted by Crippen LogP contribution is -2.39. The Hall–Kier alpha value is -1.85. The van der Waals surface area contributed by atoms with E-state index in [1.807, 2.05) is 27.7 Å². The average Bonchev–Trinajstić information content (AvgIpc) is 2.68. The number of likely N-dealkylation sites (tertiary alicyclic amines) is 1. The Morgan fingerprint density at radius 2 is 2.19 bits per heavy atom. The van der Waals surface area contributed by atoms with Gasteiger partial charge in [0.2, 0.25) is 5.88 Å². The molecule has 1 aliphatic heterocycles. The first kappa shape index (κ1) is 15.5. The van der Waals surface area contributed by atoms with E-state index >= 15 is 0 Å². The van der Waals surface area contributed by atoms with E-state index in [9.17, 15) is 9.18 Å². The molecule has 1 fully saturated rings. The average molecular weight is 296 g/mol. The maximum atomic E-state index is 13.1. The van der Waals surface area contributed by atoms with E-state index in [0.29, 0.717) is 13.0 Å². The first-order chi connectivity index (χ1) is 9.74. The van der Waals surface area contributed by atoms with Crippen molar-refractivity contribution in [2.75, 3.05) is 6.54 Å². The highest BCUT2D eigenvalue weighted by Gasteiger charge is 2.36. The van der Waals surface area contributed by atoms with Crippen molar-refractivity contribution in [3.63, 3.8) is 0 Å². The summed E-state index contributed by atoms with van der Waals surface area (Å²) in [5.41, 5.74) is -0.528. The molecule has 1 saturated heterocycles. The second-order valence-corrected chi connectivity index (χ2v) is 6.27. The molecule has 0 aliphatic carbocycles. The largest absolute Gasteiger partial charge is 0.472 e. The van der Waals surface area contributed by atoms with Gasteiger partial charge in [-0.1, -0.05) is 0 Å². The monoisotopic (exact) mass is 296 g/mol. The van der Waals surface area contributed by atoms with Crippen LogP contribution < -0.4 is 4.74 Å². The van der Waals surface area contributed by atoms with E-state index in [-0.39, 0.29) is 24.1 Å². The first-order valence-electron chi connectivity index (χ1n) is 7.02. The number of carbonyl (C=O) groups is 1. The Labute approximate surface area is 124 Å². The normalized spacial score (nSPS) is 22.2. The highest BCUT2D eigenvalue weighted by atomic mass is 19.1. The zero-order chi connectivity index (χ0) is 15.6. The quantitative estimate of drug-likeness (QED) is 0.842. The molecule has 1 aromatic heterocycles. The molecule has 0 aromatic carbocycles. The SMILES string of the molecule is C[C@H]1C[C@@H](Oc2cc(F)ccn2)CN1C(=O)OC(C)(C)C. The van der Waals surface area contributed by atoms with E-state index in [1.165, 1.54) is 18.3 Å². The number of hydrogen-bond donors (Lipinski definition) is 0. The summed E-state index contributed by atoms with van der Waals surface area (Å²) < 4.78 is 24.1. The highest BCUT2D eigenvalue weighted by molar-refractivity contribution is 5.69. The molecule has 116 valence electrons. The van der Waals surface area contributed by atoms with Gasteiger partial charge in [0.1, 0.15) is 17.5 Å². The van der Waals surface area contributed by atoms with Crippen LogP contribution >= 0.6 is 0 Å². The highest BCUT2D eigenvalue weighted by Crippen LogP contribution is 2.24. The Morgan fingerprint density at radius 3 is 2.81 bits per heavy atom. The van der Waals surface area contributed by atoms with Crippen LogP contribution in [0.5, 0.6) is 5.88 Å². The first-order valence-corrected chi connectivity index (χ1v) is 7.02. The van der Waals surface area contributed by atoms with Crippen molar-refractivity contribution in [1.29, 1.82) is 0 Å². The van der Waals surface area contributed by atoms with Crippen LogP contribution in [0.15, 0.2) is 18.3 Å². The summed E-state index contributed by atoms with van der Waals surface area (Å²) >= 11 is 0. The van der Waals surface area contributed by atoms with Gasteiger partial charge in [-0.3, -0.25) is 0 Å². The van der Waals surface area contributed by atoms with Gasteiger partial charge in [-0.05, 0) is 33.8 Å². The van der Waals surface area contributed by atoms with E-state index < -0.39 is 11.4 Å². The topological polar surface area (TPSA) is 51.7 Å². The number of carbonyl (C=O) groups excluding carboxylic acids is 1. The molecular weight excluding hydrogens is 275 g/mol. The fourth-order valence-corrected chi connectivity index (χ4v) is 2.26. The van der Waals surface area contributed by atoms with Gasteiger partial charge in [-0.15, -0.1) is 0 Å². The van der Waals surface area contributed by atoms with Crippen molar-refractivity contribution in [3.8, 4) is 5.88 Å². The summed E-state index contributed by atoms with van der Waals surface area (Å²) in [6, 6.07) is 2.51. The molecule has 2 atom stereocenters.